The number of nitrogen functional groups attached to an aromatic ring is 1. The Kier molecular flexibility index (Phi) is 2.62. The van der Waals surface area contributed by atoms with E-state index in [1.165, 1.54) is 11.1 Å². The Morgan fingerprint density at radius 2 is 1.94 bits per heavy atom. The van der Waals surface area contributed by atoms with Gasteiger partial charge in [-0.1, -0.05) is 12.1 Å². The number of hydrogen-bond acceptors (Lipinski definition) is 4. The minimum atomic E-state index is 0.549. The SMILES string of the molecule is Cc1ccc(-c2nnc(NN)n2C)cc1C. The summed E-state index contributed by atoms with van der Waals surface area (Å²) in [5.41, 5.74) is 6.05. The molecular weight excluding hydrogens is 202 g/mol. The van der Waals surface area contributed by atoms with Gasteiger partial charge in [-0.2, -0.15) is 0 Å². The van der Waals surface area contributed by atoms with E-state index >= 15 is 0 Å². The summed E-state index contributed by atoms with van der Waals surface area (Å²) >= 11 is 0. The van der Waals surface area contributed by atoms with E-state index in [1.807, 2.05) is 17.7 Å². The molecule has 1 heterocycles. The Bertz CT molecular complexity index is 515. The maximum Gasteiger partial charge on any atom is 0.238 e. The van der Waals surface area contributed by atoms with Gasteiger partial charge < -0.3 is 0 Å². The number of nitrogens with one attached hydrogen (secondary N) is 1. The summed E-state index contributed by atoms with van der Waals surface area (Å²) in [6, 6.07) is 6.21. The van der Waals surface area contributed by atoms with Crippen molar-refractivity contribution in [3.63, 3.8) is 0 Å². The third-order valence-corrected chi connectivity index (χ3v) is 2.77. The van der Waals surface area contributed by atoms with Crippen molar-refractivity contribution >= 4 is 5.95 Å². The molecule has 0 bridgehead atoms. The lowest BCUT2D eigenvalue weighted by Gasteiger charge is -2.05. The molecule has 2 aromatic rings. The molecular formula is C11H15N5. The molecule has 1 aromatic heterocycles. The van der Waals surface area contributed by atoms with Crippen LogP contribution in [-0.2, 0) is 7.05 Å². The molecule has 0 aliphatic carbocycles. The zero-order valence-corrected chi connectivity index (χ0v) is 9.65. The van der Waals surface area contributed by atoms with E-state index in [2.05, 4.69) is 41.6 Å². The molecule has 5 heteroatoms. The first-order valence-electron chi connectivity index (χ1n) is 5.07. The molecule has 2 rings (SSSR count). The lowest BCUT2D eigenvalue weighted by molar-refractivity contribution is 0.917. The van der Waals surface area contributed by atoms with Gasteiger partial charge in [-0.3, -0.25) is 9.99 Å². The van der Waals surface area contributed by atoms with Gasteiger partial charge in [-0.25, -0.2) is 5.84 Å². The maximum atomic E-state index is 5.32. The number of benzene rings is 1. The van der Waals surface area contributed by atoms with E-state index in [0.29, 0.717) is 5.95 Å². The molecule has 0 radical (unpaired) electrons. The lowest BCUT2D eigenvalue weighted by atomic mass is 10.1. The number of anilines is 1. The van der Waals surface area contributed by atoms with Gasteiger partial charge in [0.05, 0.1) is 0 Å². The fraction of sp³-hybridized carbons (Fsp3) is 0.273. The zero-order chi connectivity index (χ0) is 11.7. The van der Waals surface area contributed by atoms with E-state index in [-0.39, 0.29) is 0 Å². The van der Waals surface area contributed by atoms with Crippen molar-refractivity contribution in [3.05, 3.63) is 29.3 Å². The number of nitrogens with zero attached hydrogens (tertiary/aromatic N) is 3. The molecule has 1 aromatic carbocycles. The summed E-state index contributed by atoms with van der Waals surface area (Å²) in [4.78, 5) is 0. The second-order valence-corrected chi connectivity index (χ2v) is 3.85. The summed E-state index contributed by atoms with van der Waals surface area (Å²) in [6.07, 6.45) is 0. The van der Waals surface area contributed by atoms with Crippen molar-refractivity contribution in [1.82, 2.24) is 14.8 Å². The van der Waals surface area contributed by atoms with Gasteiger partial charge in [0.2, 0.25) is 5.95 Å². The number of aryl methyl sites for hydroxylation is 2. The van der Waals surface area contributed by atoms with Crippen molar-refractivity contribution in [1.29, 1.82) is 0 Å². The Morgan fingerprint density at radius 3 is 2.50 bits per heavy atom. The molecule has 3 N–H and O–H groups in total. The molecule has 5 nitrogen and oxygen atoms in total. The third kappa shape index (κ3) is 1.65. The Morgan fingerprint density at radius 1 is 1.19 bits per heavy atom. The van der Waals surface area contributed by atoms with E-state index in [9.17, 15) is 0 Å². The van der Waals surface area contributed by atoms with E-state index in [4.69, 9.17) is 5.84 Å². The average molecular weight is 217 g/mol. The van der Waals surface area contributed by atoms with Gasteiger partial charge in [0.15, 0.2) is 5.82 Å². The van der Waals surface area contributed by atoms with E-state index < -0.39 is 0 Å². The highest BCUT2D eigenvalue weighted by molar-refractivity contribution is 5.59. The Balaban J connectivity index is 2.50. The first-order chi connectivity index (χ1) is 7.63. The number of hydrazine groups is 1. The minimum absolute atomic E-state index is 0.549. The molecule has 0 aliphatic rings. The van der Waals surface area contributed by atoms with Gasteiger partial charge in [0.25, 0.3) is 0 Å². The van der Waals surface area contributed by atoms with Crippen LogP contribution >= 0.6 is 0 Å². The molecule has 0 unspecified atom stereocenters. The lowest BCUT2D eigenvalue weighted by Crippen LogP contribution is -2.11. The highest BCUT2D eigenvalue weighted by atomic mass is 15.4. The third-order valence-electron chi connectivity index (χ3n) is 2.77. The van der Waals surface area contributed by atoms with Crippen molar-refractivity contribution in [2.75, 3.05) is 5.43 Å². The Hall–Kier alpha value is -1.88. The van der Waals surface area contributed by atoms with Crippen LogP contribution in [0.3, 0.4) is 0 Å². The fourth-order valence-electron chi connectivity index (χ4n) is 1.59. The fourth-order valence-corrected chi connectivity index (χ4v) is 1.59. The van der Waals surface area contributed by atoms with Crippen molar-refractivity contribution in [3.8, 4) is 11.4 Å². The van der Waals surface area contributed by atoms with Crippen LogP contribution in [0.1, 0.15) is 11.1 Å². The van der Waals surface area contributed by atoms with Gasteiger partial charge in [0.1, 0.15) is 0 Å². The van der Waals surface area contributed by atoms with Gasteiger partial charge in [-0.15, -0.1) is 10.2 Å². The monoisotopic (exact) mass is 217 g/mol. The molecule has 0 spiro atoms. The summed E-state index contributed by atoms with van der Waals surface area (Å²) in [5.74, 6) is 6.67. The van der Waals surface area contributed by atoms with Crippen LogP contribution in [0, 0.1) is 13.8 Å². The van der Waals surface area contributed by atoms with Crippen LogP contribution in [0.15, 0.2) is 18.2 Å². The summed E-state index contributed by atoms with van der Waals surface area (Å²) in [7, 11) is 1.87. The van der Waals surface area contributed by atoms with Crippen molar-refractivity contribution in [2.24, 2.45) is 12.9 Å². The van der Waals surface area contributed by atoms with Crippen LogP contribution in [0.4, 0.5) is 5.95 Å². The van der Waals surface area contributed by atoms with Crippen LogP contribution in [0.25, 0.3) is 11.4 Å². The zero-order valence-electron chi connectivity index (χ0n) is 9.65. The summed E-state index contributed by atoms with van der Waals surface area (Å²) in [5, 5.41) is 8.04. The average Bonchev–Trinajstić information content (AvgIpc) is 2.64. The first-order valence-corrected chi connectivity index (χ1v) is 5.07. The largest absolute Gasteiger partial charge is 0.296 e. The highest BCUT2D eigenvalue weighted by Gasteiger charge is 2.09. The molecule has 0 fully saturated rings. The number of nitrogens with two attached hydrogens (primary N) is 1. The highest BCUT2D eigenvalue weighted by Crippen LogP contribution is 2.21. The Labute approximate surface area is 94.3 Å². The second-order valence-electron chi connectivity index (χ2n) is 3.85. The van der Waals surface area contributed by atoms with E-state index in [1.54, 1.807) is 0 Å². The van der Waals surface area contributed by atoms with Crippen LogP contribution < -0.4 is 11.3 Å². The quantitative estimate of drug-likeness (QED) is 0.589. The predicted molar refractivity (Wildman–Crippen MR) is 63.7 cm³/mol. The second kappa shape index (κ2) is 3.94. The molecule has 0 saturated heterocycles. The molecule has 0 amide bonds. The van der Waals surface area contributed by atoms with E-state index in [0.717, 1.165) is 11.4 Å². The van der Waals surface area contributed by atoms with Crippen LogP contribution in [0.5, 0.6) is 0 Å². The van der Waals surface area contributed by atoms with Crippen LogP contribution in [-0.4, -0.2) is 14.8 Å². The molecule has 0 saturated carbocycles. The molecule has 84 valence electrons. The number of aromatic nitrogens is 3. The molecule has 0 atom stereocenters. The standard InChI is InChI=1S/C11H15N5/c1-7-4-5-9(6-8(7)2)10-14-15-11(13-12)16(10)3/h4-6H,12H2,1-3H3,(H,13,15). The smallest absolute Gasteiger partial charge is 0.238 e. The normalized spacial score (nSPS) is 10.5. The van der Waals surface area contributed by atoms with Crippen molar-refractivity contribution in [2.45, 2.75) is 13.8 Å². The molecule has 0 aliphatic heterocycles. The maximum absolute atomic E-state index is 5.32. The first kappa shape index (κ1) is 10.6. The summed E-state index contributed by atoms with van der Waals surface area (Å²) < 4.78 is 1.82. The topological polar surface area (TPSA) is 68.8 Å². The van der Waals surface area contributed by atoms with Crippen LogP contribution in [0.2, 0.25) is 0 Å². The predicted octanol–water partition coefficient (Wildman–Crippen LogP) is 1.38. The van der Waals surface area contributed by atoms with Gasteiger partial charge >= 0.3 is 0 Å². The molecule has 16 heavy (non-hydrogen) atoms. The van der Waals surface area contributed by atoms with Crippen molar-refractivity contribution < 1.29 is 0 Å². The van der Waals surface area contributed by atoms with Gasteiger partial charge in [-0.05, 0) is 31.0 Å². The number of hydrogen-bond donors (Lipinski definition) is 2. The summed E-state index contributed by atoms with van der Waals surface area (Å²) in [6.45, 7) is 4.17. The number of rotatable bonds is 2. The van der Waals surface area contributed by atoms with Gasteiger partial charge in [0, 0.05) is 12.6 Å². The minimum Gasteiger partial charge on any atom is -0.296 e.